The lowest BCUT2D eigenvalue weighted by molar-refractivity contribution is 0.00511. The summed E-state index contributed by atoms with van der Waals surface area (Å²) in [6.07, 6.45) is 3.46. The van der Waals surface area contributed by atoms with E-state index in [9.17, 15) is 9.90 Å². The molecular formula is C18H26O5. The molecule has 1 aromatic rings. The number of benzene rings is 1. The van der Waals surface area contributed by atoms with Gasteiger partial charge in [-0.1, -0.05) is 13.3 Å². The van der Waals surface area contributed by atoms with Gasteiger partial charge in [-0.3, -0.25) is 0 Å². The van der Waals surface area contributed by atoms with Gasteiger partial charge in [0.15, 0.2) is 11.5 Å². The normalized spacial score (nSPS) is 20.9. The first kappa shape index (κ1) is 17.6. The van der Waals surface area contributed by atoms with Crippen LogP contribution in [0.15, 0.2) is 12.1 Å². The third-order valence-electron chi connectivity index (χ3n) is 4.23. The zero-order chi connectivity index (χ0) is 16.8. The topological polar surface area (TPSA) is 65.0 Å². The Balaban J connectivity index is 2.38. The molecule has 5 nitrogen and oxygen atoms in total. The van der Waals surface area contributed by atoms with Crippen molar-refractivity contribution in [2.45, 2.75) is 58.2 Å². The van der Waals surface area contributed by atoms with E-state index in [1.165, 1.54) is 0 Å². The predicted molar refractivity (Wildman–Crippen MR) is 87.2 cm³/mol. The zero-order valence-corrected chi connectivity index (χ0v) is 14.1. The van der Waals surface area contributed by atoms with Crippen molar-refractivity contribution in [2.75, 3.05) is 13.7 Å². The number of aliphatic hydroxyl groups is 1. The molecule has 1 fully saturated rings. The SMILES string of the molecule is CCOC(=O)c1ccc(OC)c(OC2CCCCC2O)c1CC. The number of esters is 1. The number of rotatable bonds is 6. The molecule has 23 heavy (non-hydrogen) atoms. The molecule has 1 aromatic carbocycles. The molecule has 5 heteroatoms. The summed E-state index contributed by atoms with van der Waals surface area (Å²) in [5.74, 6) is 0.764. The minimum atomic E-state index is -0.482. The highest BCUT2D eigenvalue weighted by atomic mass is 16.5. The fraction of sp³-hybridized carbons (Fsp3) is 0.611. The third-order valence-corrected chi connectivity index (χ3v) is 4.23. The standard InChI is InChI=1S/C18H26O5/c1-4-12-13(18(20)22-5-2)10-11-16(21-3)17(12)23-15-9-7-6-8-14(15)19/h10-11,14-15,19H,4-9H2,1-3H3. The number of aliphatic hydroxyl groups excluding tert-OH is 1. The van der Waals surface area contributed by atoms with Crippen LogP contribution in [0.25, 0.3) is 0 Å². The van der Waals surface area contributed by atoms with Gasteiger partial charge in [0.05, 0.1) is 25.4 Å². The van der Waals surface area contributed by atoms with E-state index in [-0.39, 0.29) is 12.1 Å². The second kappa shape index (κ2) is 8.20. The van der Waals surface area contributed by atoms with Crippen LogP contribution in [0, 0.1) is 0 Å². The van der Waals surface area contributed by atoms with Gasteiger partial charge in [-0.25, -0.2) is 4.79 Å². The molecule has 1 N–H and O–H groups in total. The summed E-state index contributed by atoms with van der Waals surface area (Å²) < 4.78 is 16.6. The Bertz CT molecular complexity index is 540. The fourth-order valence-corrected chi connectivity index (χ4v) is 3.01. The molecule has 0 aliphatic heterocycles. The van der Waals surface area contributed by atoms with E-state index in [1.807, 2.05) is 6.92 Å². The lowest BCUT2D eigenvalue weighted by Gasteiger charge is -2.30. The van der Waals surface area contributed by atoms with E-state index < -0.39 is 6.10 Å². The summed E-state index contributed by atoms with van der Waals surface area (Å²) in [7, 11) is 1.57. The molecule has 128 valence electrons. The summed E-state index contributed by atoms with van der Waals surface area (Å²) in [6, 6.07) is 3.43. The van der Waals surface area contributed by atoms with Crippen LogP contribution in [0.3, 0.4) is 0 Å². The molecule has 0 saturated heterocycles. The molecule has 0 heterocycles. The summed E-state index contributed by atoms with van der Waals surface area (Å²) in [5, 5.41) is 10.2. The van der Waals surface area contributed by atoms with Crippen LogP contribution in [-0.2, 0) is 11.2 Å². The molecule has 1 saturated carbocycles. The van der Waals surface area contributed by atoms with E-state index in [0.29, 0.717) is 30.1 Å². The van der Waals surface area contributed by atoms with E-state index >= 15 is 0 Å². The van der Waals surface area contributed by atoms with E-state index in [1.54, 1.807) is 26.2 Å². The molecule has 2 atom stereocenters. The van der Waals surface area contributed by atoms with E-state index in [0.717, 1.165) is 31.2 Å². The summed E-state index contributed by atoms with van der Waals surface area (Å²) in [5.41, 5.74) is 1.26. The molecule has 1 aliphatic carbocycles. The van der Waals surface area contributed by atoms with E-state index in [2.05, 4.69) is 0 Å². The minimum absolute atomic E-state index is 0.264. The van der Waals surface area contributed by atoms with Crippen LogP contribution in [0.5, 0.6) is 11.5 Å². The first-order chi connectivity index (χ1) is 11.1. The van der Waals surface area contributed by atoms with Gasteiger partial charge in [-0.15, -0.1) is 0 Å². The highest BCUT2D eigenvalue weighted by molar-refractivity contribution is 5.92. The summed E-state index contributed by atoms with van der Waals surface area (Å²) in [4.78, 5) is 12.2. The third kappa shape index (κ3) is 3.96. The molecule has 0 bridgehead atoms. The maximum absolute atomic E-state index is 12.2. The van der Waals surface area contributed by atoms with Gasteiger partial charge in [-0.05, 0) is 44.7 Å². The van der Waals surface area contributed by atoms with Crippen LogP contribution < -0.4 is 9.47 Å². The molecule has 0 radical (unpaired) electrons. The summed E-state index contributed by atoms with van der Waals surface area (Å²) >= 11 is 0. The van der Waals surface area contributed by atoms with Crippen molar-refractivity contribution in [1.29, 1.82) is 0 Å². The molecule has 0 amide bonds. The van der Waals surface area contributed by atoms with Crippen molar-refractivity contribution in [3.05, 3.63) is 23.3 Å². The maximum atomic E-state index is 12.2. The highest BCUT2D eigenvalue weighted by Crippen LogP contribution is 2.37. The Labute approximate surface area is 137 Å². The van der Waals surface area contributed by atoms with Gasteiger partial charge in [0, 0.05) is 5.56 Å². The maximum Gasteiger partial charge on any atom is 0.338 e. The fourth-order valence-electron chi connectivity index (χ4n) is 3.01. The number of carbonyl (C=O) groups excluding carboxylic acids is 1. The Morgan fingerprint density at radius 1 is 1.26 bits per heavy atom. The van der Waals surface area contributed by atoms with Crippen LogP contribution >= 0.6 is 0 Å². The lowest BCUT2D eigenvalue weighted by atomic mass is 9.94. The Kier molecular flexibility index (Phi) is 6.28. The number of ether oxygens (including phenoxy) is 3. The number of hydrogen-bond acceptors (Lipinski definition) is 5. The number of carbonyl (C=O) groups is 1. The smallest absolute Gasteiger partial charge is 0.338 e. The Morgan fingerprint density at radius 2 is 2.00 bits per heavy atom. The van der Waals surface area contributed by atoms with E-state index in [4.69, 9.17) is 14.2 Å². The quantitative estimate of drug-likeness (QED) is 0.815. The Hall–Kier alpha value is -1.75. The average Bonchev–Trinajstić information content (AvgIpc) is 2.56. The van der Waals surface area contributed by atoms with Gasteiger partial charge in [-0.2, -0.15) is 0 Å². The first-order valence-corrected chi connectivity index (χ1v) is 8.34. The van der Waals surface area contributed by atoms with Crippen LogP contribution in [0.2, 0.25) is 0 Å². The number of hydrogen-bond donors (Lipinski definition) is 1. The van der Waals surface area contributed by atoms with Crippen LogP contribution in [0.1, 0.15) is 55.5 Å². The predicted octanol–water partition coefficient (Wildman–Crippen LogP) is 3.12. The molecule has 2 rings (SSSR count). The molecule has 0 spiro atoms. The number of methoxy groups -OCH3 is 1. The second-order valence-electron chi connectivity index (χ2n) is 5.71. The van der Waals surface area contributed by atoms with Gasteiger partial charge >= 0.3 is 5.97 Å². The van der Waals surface area contributed by atoms with Crippen molar-refractivity contribution < 1.29 is 24.1 Å². The second-order valence-corrected chi connectivity index (χ2v) is 5.71. The molecule has 1 aliphatic rings. The van der Waals surface area contributed by atoms with Crippen molar-refractivity contribution in [3.8, 4) is 11.5 Å². The van der Waals surface area contributed by atoms with Crippen molar-refractivity contribution in [3.63, 3.8) is 0 Å². The largest absolute Gasteiger partial charge is 0.493 e. The van der Waals surface area contributed by atoms with Crippen molar-refractivity contribution in [2.24, 2.45) is 0 Å². The van der Waals surface area contributed by atoms with Crippen LogP contribution in [-0.4, -0.2) is 37.0 Å². The van der Waals surface area contributed by atoms with Gasteiger partial charge < -0.3 is 19.3 Å². The highest BCUT2D eigenvalue weighted by Gasteiger charge is 2.28. The molecule has 0 aromatic heterocycles. The van der Waals surface area contributed by atoms with Crippen LogP contribution in [0.4, 0.5) is 0 Å². The van der Waals surface area contributed by atoms with Crippen molar-refractivity contribution in [1.82, 2.24) is 0 Å². The van der Waals surface area contributed by atoms with Gasteiger partial charge in [0.2, 0.25) is 0 Å². The Morgan fingerprint density at radius 3 is 2.61 bits per heavy atom. The average molecular weight is 322 g/mol. The van der Waals surface area contributed by atoms with Gasteiger partial charge in [0.25, 0.3) is 0 Å². The summed E-state index contributed by atoms with van der Waals surface area (Å²) in [6.45, 7) is 4.07. The monoisotopic (exact) mass is 322 g/mol. The first-order valence-electron chi connectivity index (χ1n) is 8.34. The van der Waals surface area contributed by atoms with Gasteiger partial charge in [0.1, 0.15) is 6.10 Å². The zero-order valence-electron chi connectivity index (χ0n) is 14.1. The minimum Gasteiger partial charge on any atom is -0.493 e. The van der Waals surface area contributed by atoms with Crippen molar-refractivity contribution >= 4 is 5.97 Å². The molecule has 2 unspecified atom stereocenters. The molecular weight excluding hydrogens is 296 g/mol. The lowest BCUT2D eigenvalue weighted by Crippen LogP contribution is -2.35.